The van der Waals surface area contributed by atoms with E-state index in [-0.39, 0.29) is 24.3 Å². The number of carboxylic acid groups (broad SMARTS) is 1. The lowest BCUT2D eigenvalue weighted by Gasteiger charge is -2.23. The van der Waals surface area contributed by atoms with Crippen LogP contribution in [-0.4, -0.2) is 28.0 Å². The van der Waals surface area contributed by atoms with Gasteiger partial charge in [0.15, 0.2) is 0 Å². The molecular weight excluding hydrogens is 256 g/mol. The molecule has 2 rings (SSSR count). The topological polar surface area (TPSA) is 82.2 Å². The van der Waals surface area contributed by atoms with Crippen LogP contribution < -0.4 is 5.32 Å². The molecule has 1 fully saturated rings. The van der Waals surface area contributed by atoms with Crippen LogP contribution in [0.15, 0.2) is 6.07 Å². The molecule has 1 heterocycles. The van der Waals surface area contributed by atoms with Gasteiger partial charge in [-0.1, -0.05) is 12.8 Å². The van der Waals surface area contributed by atoms with Gasteiger partial charge in [0.05, 0.1) is 6.42 Å². The number of carboxylic acids is 1. The highest BCUT2D eigenvalue weighted by Gasteiger charge is 2.29. The Morgan fingerprint density at radius 2 is 2.05 bits per heavy atom. The summed E-state index contributed by atoms with van der Waals surface area (Å²) in [7, 11) is 0. The molecule has 1 aromatic rings. The summed E-state index contributed by atoms with van der Waals surface area (Å²) in [6.45, 7) is 3.77. The number of rotatable bonds is 5. The van der Waals surface area contributed by atoms with Crippen molar-refractivity contribution in [3.05, 3.63) is 23.0 Å². The van der Waals surface area contributed by atoms with E-state index < -0.39 is 5.97 Å². The molecule has 1 unspecified atom stereocenters. The Bertz CT molecular complexity index is 501. The molecule has 110 valence electrons. The molecule has 1 aliphatic rings. The third-order valence-corrected chi connectivity index (χ3v) is 4.06. The molecule has 0 aliphatic heterocycles. The minimum absolute atomic E-state index is 0.00482. The summed E-state index contributed by atoms with van der Waals surface area (Å²) in [4.78, 5) is 26.3. The van der Waals surface area contributed by atoms with Crippen molar-refractivity contribution < 1.29 is 14.7 Å². The number of aromatic amines is 1. The number of aromatic nitrogens is 1. The minimum Gasteiger partial charge on any atom is -0.481 e. The summed E-state index contributed by atoms with van der Waals surface area (Å²) in [5.41, 5.74) is 2.36. The number of hydrogen-bond acceptors (Lipinski definition) is 2. The smallest absolute Gasteiger partial charge is 0.305 e. The fourth-order valence-corrected chi connectivity index (χ4v) is 3.09. The quantitative estimate of drug-likeness (QED) is 0.773. The van der Waals surface area contributed by atoms with E-state index in [9.17, 15) is 9.59 Å². The zero-order valence-corrected chi connectivity index (χ0v) is 12.0. The molecule has 1 aromatic heterocycles. The lowest BCUT2D eigenvalue weighted by atomic mass is 9.95. The van der Waals surface area contributed by atoms with E-state index >= 15 is 0 Å². The molecule has 0 bridgehead atoms. The van der Waals surface area contributed by atoms with Crippen molar-refractivity contribution in [1.82, 2.24) is 10.3 Å². The number of nitrogens with one attached hydrogen (secondary N) is 2. The number of carbonyl (C=O) groups is 2. The summed E-state index contributed by atoms with van der Waals surface area (Å²) >= 11 is 0. The van der Waals surface area contributed by atoms with Gasteiger partial charge in [-0.3, -0.25) is 9.59 Å². The number of aryl methyl sites for hydroxylation is 2. The van der Waals surface area contributed by atoms with Gasteiger partial charge >= 0.3 is 5.97 Å². The summed E-state index contributed by atoms with van der Waals surface area (Å²) in [5.74, 6) is -0.776. The van der Waals surface area contributed by atoms with Gasteiger partial charge in [0.2, 0.25) is 0 Å². The SMILES string of the molecule is Cc1cc(C)c(C(=O)NC(CC(=O)O)C2CCCC2)[nH]1. The Kier molecular flexibility index (Phi) is 4.47. The first-order chi connectivity index (χ1) is 9.47. The van der Waals surface area contributed by atoms with Crippen molar-refractivity contribution in [1.29, 1.82) is 0 Å². The molecular formula is C15H22N2O3. The van der Waals surface area contributed by atoms with Gasteiger partial charge in [0.1, 0.15) is 5.69 Å². The first-order valence-electron chi connectivity index (χ1n) is 7.16. The zero-order valence-electron chi connectivity index (χ0n) is 12.0. The Morgan fingerprint density at radius 3 is 2.55 bits per heavy atom. The van der Waals surface area contributed by atoms with E-state index in [0.29, 0.717) is 5.69 Å². The van der Waals surface area contributed by atoms with Crippen molar-refractivity contribution in [3.8, 4) is 0 Å². The monoisotopic (exact) mass is 278 g/mol. The maximum Gasteiger partial charge on any atom is 0.305 e. The summed E-state index contributed by atoms with van der Waals surface area (Å²) < 4.78 is 0. The van der Waals surface area contributed by atoms with E-state index in [1.54, 1.807) is 0 Å². The first kappa shape index (κ1) is 14.6. The number of hydrogen-bond donors (Lipinski definition) is 3. The number of H-pyrrole nitrogens is 1. The largest absolute Gasteiger partial charge is 0.481 e. The van der Waals surface area contributed by atoms with Gasteiger partial charge in [-0.2, -0.15) is 0 Å². The third kappa shape index (κ3) is 3.40. The maximum absolute atomic E-state index is 12.3. The fourth-order valence-electron chi connectivity index (χ4n) is 3.09. The highest BCUT2D eigenvalue weighted by Crippen LogP contribution is 2.29. The molecule has 0 radical (unpaired) electrons. The Balaban J connectivity index is 2.08. The summed E-state index contributed by atoms with van der Waals surface area (Å²) in [5, 5.41) is 11.9. The van der Waals surface area contributed by atoms with Gasteiger partial charge in [0, 0.05) is 11.7 Å². The third-order valence-electron chi connectivity index (χ3n) is 4.06. The van der Waals surface area contributed by atoms with Gasteiger partial charge in [-0.25, -0.2) is 0 Å². The van der Waals surface area contributed by atoms with Crippen LogP contribution in [0.4, 0.5) is 0 Å². The van der Waals surface area contributed by atoms with E-state index in [1.807, 2.05) is 19.9 Å². The molecule has 1 amide bonds. The van der Waals surface area contributed by atoms with Crippen LogP contribution in [0, 0.1) is 19.8 Å². The van der Waals surface area contributed by atoms with Crippen molar-refractivity contribution in [2.45, 2.75) is 52.0 Å². The van der Waals surface area contributed by atoms with E-state index in [4.69, 9.17) is 5.11 Å². The lowest BCUT2D eigenvalue weighted by Crippen LogP contribution is -2.41. The molecule has 0 aromatic carbocycles. The molecule has 20 heavy (non-hydrogen) atoms. The second-order valence-corrected chi connectivity index (χ2v) is 5.73. The van der Waals surface area contributed by atoms with Crippen LogP contribution in [-0.2, 0) is 4.79 Å². The van der Waals surface area contributed by atoms with E-state index in [2.05, 4.69) is 10.3 Å². The molecule has 5 heteroatoms. The standard InChI is InChI=1S/C15H22N2O3/c1-9-7-10(2)16-14(9)15(20)17-12(8-13(18)19)11-5-3-4-6-11/h7,11-12,16H,3-6,8H2,1-2H3,(H,17,20)(H,18,19). The van der Waals surface area contributed by atoms with Crippen LogP contribution in [0.3, 0.4) is 0 Å². The normalized spacial score (nSPS) is 17.1. The number of aliphatic carboxylic acids is 1. The fraction of sp³-hybridized carbons (Fsp3) is 0.600. The minimum atomic E-state index is -0.860. The summed E-state index contributed by atoms with van der Waals surface area (Å²) in [6, 6.07) is 1.64. The Morgan fingerprint density at radius 1 is 1.40 bits per heavy atom. The first-order valence-corrected chi connectivity index (χ1v) is 7.16. The molecule has 0 saturated heterocycles. The van der Waals surface area contributed by atoms with Crippen molar-refractivity contribution in [2.24, 2.45) is 5.92 Å². The van der Waals surface area contributed by atoms with Gasteiger partial charge in [0.25, 0.3) is 5.91 Å². The molecule has 1 atom stereocenters. The second kappa shape index (κ2) is 6.11. The predicted molar refractivity (Wildman–Crippen MR) is 75.7 cm³/mol. The van der Waals surface area contributed by atoms with E-state index in [0.717, 1.165) is 36.9 Å². The van der Waals surface area contributed by atoms with Gasteiger partial charge < -0.3 is 15.4 Å². The predicted octanol–water partition coefficient (Wildman–Crippen LogP) is 2.39. The molecule has 3 N–H and O–H groups in total. The average molecular weight is 278 g/mol. The number of carbonyl (C=O) groups excluding carboxylic acids is 1. The molecule has 0 spiro atoms. The Hall–Kier alpha value is -1.78. The molecule has 1 aliphatic carbocycles. The molecule has 5 nitrogen and oxygen atoms in total. The van der Waals surface area contributed by atoms with Gasteiger partial charge in [-0.15, -0.1) is 0 Å². The van der Waals surface area contributed by atoms with Crippen molar-refractivity contribution in [2.75, 3.05) is 0 Å². The van der Waals surface area contributed by atoms with Crippen molar-refractivity contribution >= 4 is 11.9 Å². The number of amides is 1. The van der Waals surface area contributed by atoms with Gasteiger partial charge in [-0.05, 0) is 44.2 Å². The highest BCUT2D eigenvalue weighted by atomic mass is 16.4. The van der Waals surface area contributed by atoms with Crippen LogP contribution in [0.1, 0.15) is 53.8 Å². The van der Waals surface area contributed by atoms with Crippen LogP contribution in [0.5, 0.6) is 0 Å². The second-order valence-electron chi connectivity index (χ2n) is 5.73. The highest BCUT2D eigenvalue weighted by molar-refractivity contribution is 5.94. The van der Waals surface area contributed by atoms with Crippen LogP contribution >= 0.6 is 0 Å². The Labute approximate surface area is 118 Å². The zero-order chi connectivity index (χ0) is 14.7. The molecule has 1 saturated carbocycles. The maximum atomic E-state index is 12.3. The van der Waals surface area contributed by atoms with Crippen LogP contribution in [0.25, 0.3) is 0 Å². The van der Waals surface area contributed by atoms with E-state index in [1.165, 1.54) is 0 Å². The summed E-state index contributed by atoms with van der Waals surface area (Å²) in [6.07, 6.45) is 4.24. The van der Waals surface area contributed by atoms with Crippen molar-refractivity contribution in [3.63, 3.8) is 0 Å². The average Bonchev–Trinajstić information content (AvgIpc) is 2.97. The van der Waals surface area contributed by atoms with Crippen LogP contribution in [0.2, 0.25) is 0 Å². The lowest BCUT2D eigenvalue weighted by molar-refractivity contribution is -0.137.